The second kappa shape index (κ2) is 7.54. The van der Waals surface area contributed by atoms with Gasteiger partial charge in [-0.2, -0.15) is 0 Å². The molecule has 4 aromatic rings. The van der Waals surface area contributed by atoms with Gasteiger partial charge in [-0.25, -0.2) is 0 Å². The lowest BCUT2D eigenvalue weighted by Gasteiger charge is -2.18. The Morgan fingerprint density at radius 3 is 2.48 bits per heavy atom. The third kappa shape index (κ3) is 3.41. The smallest absolute Gasteiger partial charge is 0.131 e. The van der Waals surface area contributed by atoms with Crippen molar-refractivity contribution in [2.24, 2.45) is 0 Å². The minimum atomic E-state index is -1.86. The molecular formula is C28H21OPS. The van der Waals surface area contributed by atoms with E-state index in [1.807, 2.05) is 30.3 Å². The molecule has 0 amide bonds. The van der Waals surface area contributed by atoms with Crippen molar-refractivity contribution in [3.05, 3.63) is 107 Å². The lowest BCUT2D eigenvalue weighted by Crippen LogP contribution is -2.03. The predicted molar refractivity (Wildman–Crippen MR) is 137 cm³/mol. The average molecular weight is 437 g/mol. The van der Waals surface area contributed by atoms with Crippen molar-refractivity contribution < 1.29 is 5.11 Å². The van der Waals surface area contributed by atoms with E-state index in [9.17, 15) is 5.11 Å². The van der Waals surface area contributed by atoms with Gasteiger partial charge in [0.1, 0.15) is 5.75 Å². The zero-order valence-electron chi connectivity index (χ0n) is 17.4. The summed E-state index contributed by atoms with van der Waals surface area (Å²) in [5.74, 6) is 6.80. The Hall–Kier alpha value is -3.11. The van der Waals surface area contributed by atoms with E-state index in [4.69, 9.17) is 11.8 Å². The summed E-state index contributed by atoms with van der Waals surface area (Å²) in [6, 6.07) is 24.6. The number of phenols is 1. The van der Waals surface area contributed by atoms with Gasteiger partial charge in [-0.3, -0.25) is 0 Å². The monoisotopic (exact) mass is 436 g/mol. The van der Waals surface area contributed by atoms with Gasteiger partial charge < -0.3 is 5.11 Å². The Morgan fingerprint density at radius 1 is 0.871 bits per heavy atom. The van der Waals surface area contributed by atoms with Crippen LogP contribution >= 0.6 is 6.04 Å². The van der Waals surface area contributed by atoms with Crippen LogP contribution in [0.4, 0.5) is 0 Å². The maximum absolute atomic E-state index is 10.5. The first-order valence-corrected chi connectivity index (χ1v) is 13.4. The Morgan fingerprint density at radius 2 is 1.65 bits per heavy atom. The van der Waals surface area contributed by atoms with Crippen molar-refractivity contribution in [1.82, 2.24) is 0 Å². The van der Waals surface area contributed by atoms with Gasteiger partial charge in [-0.15, -0.1) is 0 Å². The highest BCUT2D eigenvalue weighted by molar-refractivity contribution is 8.23. The van der Waals surface area contributed by atoms with Crippen LogP contribution in [0.2, 0.25) is 0 Å². The van der Waals surface area contributed by atoms with E-state index < -0.39 is 6.04 Å². The molecule has 1 aliphatic rings. The Labute approximate surface area is 188 Å². The maximum Gasteiger partial charge on any atom is 0.131 e. The van der Waals surface area contributed by atoms with E-state index in [0.717, 1.165) is 21.9 Å². The summed E-state index contributed by atoms with van der Waals surface area (Å²) in [6.07, 6.45) is 2.23. The molecule has 1 heterocycles. The largest absolute Gasteiger partial charge is 0.507 e. The molecule has 1 nitrogen and oxygen atoms in total. The fraction of sp³-hybridized carbons (Fsp3) is 0.0714. The SMILES string of the molecule is Cc1ccc2c(C#Cc3ccccc3C3=Cc4ccccc4P3(C)=S)c(O)ccc2c1. The van der Waals surface area contributed by atoms with Gasteiger partial charge in [0.25, 0.3) is 0 Å². The highest BCUT2D eigenvalue weighted by Crippen LogP contribution is 2.60. The van der Waals surface area contributed by atoms with Crippen molar-refractivity contribution in [3.8, 4) is 17.6 Å². The molecule has 150 valence electrons. The van der Waals surface area contributed by atoms with E-state index in [1.165, 1.54) is 21.7 Å². The summed E-state index contributed by atoms with van der Waals surface area (Å²) in [4.78, 5) is 0. The first-order valence-electron chi connectivity index (χ1n) is 10.2. The molecule has 31 heavy (non-hydrogen) atoms. The molecule has 0 spiro atoms. The third-order valence-corrected chi connectivity index (χ3v) is 9.62. The quantitative estimate of drug-likeness (QED) is 0.271. The molecule has 0 aliphatic carbocycles. The lowest BCUT2D eigenvalue weighted by atomic mass is 10.0. The second-order valence-corrected chi connectivity index (χ2v) is 13.0. The number of benzene rings is 4. The normalized spacial score (nSPS) is 17.0. The van der Waals surface area contributed by atoms with E-state index in [0.29, 0.717) is 5.56 Å². The van der Waals surface area contributed by atoms with Gasteiger partial charge >= 0.3 is 0 Å². The van der Waals surface area contributed by atoms with Gasteiger partial charge in [0.2, 0.25) is 0 Å². The Balaban J connectivity index is 1.65. The van der Waals surface area contributed by atoms with E-state index in [1.54, 1.807) is 6.07 Å². The van der Waals surface area contributed by atoms with Crippen molar-refractivity contribution in [2.45, 2.75) is 6.92 Å². The summed E-state index contributed by atoms with van der Waals surface area (Å²) < 4.78 is 0. The third-order valence-electron chi connectivity index (χ3n) is 5.83. The topological polar surface area (TPSA) is 20.2 Å². The second-order valence-electron chi connectivity index (χ2n) is 7.99. The van der Waals surface area contributed by atoms with Gasteiger partial charge in [-0.05, 0) is 58.9 Å². The molecule has 1 aliphatic heterocycles. The van der Waals surface area contributed by atoms with Crippen molar-refractivity contribution >= 4 is 45.3 Å². The highest BCUT2D eigenvalue weighted by atomic mass is 32.4. The number of hydrogen-bond acceptors (Lipinski definition) is 2. The number of aromatic hydroxyl groups is 1. The molecule has 0 saturated carbocycles. The van der Waals surface area contributed by atoms with Crippen molar-refractivity contribution in [2.75, 3.05) is 6.66 Å². The fourth-order valence-corrected chi connectivity index (χ4v) is 7.47. The zero-order chi connectivity index (χ0) is 21.6. The van der Waals surface area contributed by atoms with E-state index >= 15 is 0 Å². The molecule has 3 heteroatoms. The molecule has 1 N–H and O–H groups in total. The Bertz CT molecular complexity index is 1500. The first-order chi connectivity index (χ1) is 14.9. The Kier molecular flexibility index (Phi) is 4.82. The molecule has 1 unspecified atom stereocenters. The van der Waals surface area contributed by atoms with Crippen molar-refractivity contribution in [1.29, 1.82) is 0 Å². The number of phenolic OH excluding ortho intramolecular Hbond substituents is 1. The van der Waals surface area contributed by atoms with E-state index in [-0.39, 0.29) is 5.75 Å². The summed E-state index contributed by atoms with van der Waals surface area (Å²) in [6.45, 7) is 4.26. The highest BCUT2D eigenvalue weighted by Gasteiger charge is 2.29. The molecular weight excluding hydrogens is 415 g/mol. The van der Waals surface area contributed by atoms with Crippen LogP contribution in [0.5, 0.6) is 5.75 Å². The molecule has 0 saturated heterocycles. The average Bonchev–Trinajstić information content (AvgIpc) is 3.04. The molecule has 0 fully saturated rings. The number of hydrogen-bond donors (Lipinski definition) is 1. The van der Waals surface area contributed by atoms with Crippen LogP contribution in [-0.4, -0.2) is 11.8 Å². The molecule has 4 aromatic carbocycles. The van der Waals surface area contributed by atoms with Crippen LogP contribution in [-0.2, 0) is 11.8 Å². The van der Waals surface area contributed by atoms with Gasteiger partial charge in [0, 0.05) is 17.0 Å². The molecule has 0 aromatic heterocycles. The van der Waals surface area contributed by atoms with Crippen LogP contribution in [0, 0.1) is 18.8 Å². The summed E-state index contributed by atoms with van der Waals surface area (Å²) in [5, 5.41) is 15.0. The standard InChI is InChI=1S/C28H21OPS/c1-19-11-14-23-21(17-19)13-16-26(29)25(23)15-12-20-7-3-5-9-24(20)28-18-22-8-4-6-10-27(22)30(28,2)31/h3-11,13-14,16-18,29H,1-2H3. The number of rotatable bonds is 1. The number of aryl methyl sites for hydroxylation is 1. The van der Waals surface area contributed by atoms with Gasteiger partial charge in [0.05, 0.1) is 5.56 Å². The van der Waals surface area contributed by atoms with Crippen LogP contribution in [0.1, 0.15) is 27.8 Å². The van der Waals surface area contributed by atoms with E-state index in [2.05, 4.69) is 74.0 Å². The van der Waals surface area contributed by atoms with Crippen LogP contribution in [0.15, 0.2) is 78.9 Å². The first kappa shape index (κ1) is 19.8. The van der Waals surface area contributed by atoms with Crippen LogP contribution in [0.3, 0.4) is 0 Å². The summed E-state index contributed by atoms with van der Waals surface area (Å²) >= 11 is 6.15. The van der Waals surface area contributed by atoms with Gasteiger partial charge in [-0.1, -0.05) is 95.9 Å². The van der Waals surface area contributed by atoms with Crippen LogP contribution in [0.25, 0.3) is 22.2 Å². The fourth-order valence-electron chi connectivity index (χ4n) is 4.22. The maximum atomic E-state index is 10.5. The predicted octanol–water partition coefficient (Wildman–Crippen LogP) is 6.50. The minimum Gasteiger partial charge on any atom is -0.507 e. The summed E-state index contributed by atoms with van der Waals surface area (Å²) in [5.41, 5.74) is 5.08. The number of fused-ring (bicyclic) bond motifs is 2. The molecule has 1 atom stereocenters. The van der Waals surface area contributed by atoms with Crippen LogP contribution < -0.4 is 5.30 Å². The minimum absolute atomic E-state index is 0.203. The molecule has 0 bridgehead atoms. The summed E-state index contributed by atoms with van der Waals surface area (Å²) in [7, 11) is 0. The molecule has 0 radical (unpaired) electrons. The lowest BCUT2D eigenvalue weighted by molar-refractivity contribution is 0.474. The zero-order valence-corrected chi connectivity index (χ0v) is 19.1. The van der Waals surface area contributed by atoms with Crippen molar-refractivity contribution in [3.63, 3.8) is 0 Å². The molecule has 5 rings (SSSR count). The van der Waals surface area contributed by atoms with Gasteiger partial charge in [0.15, 0.2) is 0 Å².